The number of furan rings is 1. The van der Waals surface area contributed by atoms with Crippen molar-refractivity contribution in [1.82, 2.24) is 0 Å². The molecule has 0 amide bonds. The minimum atomic E-state index is -1.35. The van der Waals surface area contributed by atoms with Crippen LogP contribution < -0.4 is 26.4 Å². The van der Waals surface area contributed by atoms with Crippen LogP contribution in [0.4, 0.5) is 28.4 Å². The molecule has 3 nitrogen and oxygen atoms in total. The zero-order chi connectivity index (χ0) is 46.3. The molecule has 4 aliphatic rings. The third-order valence-corrected chi connectivity index (χ3v) is 17.6. The first kappa shape index (κ1) is 46.1. The van der Waals surface area contributed by atoms with Crippen molar-refractivity contribution < 1.29 is 4.42 Å². The van der Waals surface area contributed by atoms with E-state index in [2.05, 4.69) is 223 Å². The van der Waals surface area contributed by atoms with Crippen LogP contribution in [0.3, 0.4) is 0 Å². The van der Waals surface area contributed by atoms with Crippen LogP contribution in [0.15, 0.2) is 119 Å². The molecule has 3 heterocycles. The van der Waals surface area contributed by atoms with Gasteiger partial charge >= 0.3 is 0 Å². The molecule has 0 radical (unpaired) electrons. The lowest BCUT2D eigenvalue weighted by atomic mass is 9.35. The lowest BCUT2D eigenvalue weighted by Crippen LogP contribution is -2.61. The Balaban J connectivity index is 1.34. The highest BCUT2D eigenvalue weighted by Crippen LogP contribution is 2.54. The van der Waals surface area contributed by atoms with E-state index < -0.39 is 8.07 Å². The van der Waals surface area contributed by atoms with Gasteiger partial charge in [-0.2, -0.15) is 0 Å². The van der Waals surface area contributed by atoms with Crippen LogP contribution in [0.25, 0.3) is 0 Å². The Labute approximate surface area is 389 Å². The Morgan fingerprint density at radius 1 is 0.859 bits per heavy atom. The largest absolute Gasteiger partial charge is 0.472 e. The summed E-state index contributed by atoms with van der Waals surface area (Å²) < 4.78 is 7.59. The molecule has 4 aromatic rings. The lowest BCUT2D eigenvalue weighted by Gasteiger charge is -2.44. The zero-order valence-corrected chi connectivity index (χ0v) is 43.4. The van der Waals surface area contributed by atoms with Crippen molar-refractivity contribution >= 4 is 59.8 Å². The average molecular weight is 869 g/mol. The fourth-order valence-corrected chi connectivity index (χ4v) is 12.6. The van der Waals surface area contributed by atoms with Crippen LogP contribution >= 0.6 is 0 Å². The van der Waals surface area contributed by atoms with Gasteiger partial charge in [-0.25, -0.2) is 0 Å². The Morgan fingerprint density at radius 3 is 2.19 bits per heavy atom. The molecular formula is C59H77BN2OSi. The van der Waals surface area contributed by atoms with Crippen LogP contribution in [-0.2, 0) is 16.2 Å². The monoisotopic (exact) mass is 869 g/mol. The number of benzene rings is 3. The van der Waals surface area contributed by atoms with E-state index in [-0.39, 0.29) is 28.4 Å². The molecule has 336 valence electrons. The van der Waals surface area contributed by atoms with Crippen molar-refractivity contribution in [1.29, 1.82) is 0 Å². The molecule has 0 saturated heterocycles. The molecule has 0 fully saturated rings. The maximum atomic E-state index is 7.59. The number of allylic oxidation sites excluding steroid dienone is 9. The van der Waals surface area contributed by atoms with Gasteiger partial charge in [0.2, 0.25) is 0 Å². The first-order chi connectivity index (χ1) is 30.0. The second-order valence-electron chi connectivity index (χ2n) is 24.0. The summed E-state index contributed by atoms with van der Waals surface area (Å²) >= 11 is 0. The van der Waals surface area contributed by atoms with Gasteiger partial charge in [0.25, 0.3) is 6.71 Å². The lowest BCUT2D eigenvalue weighted by molar-refractivity contribution is 0.282. The number of hydrogen-bond acceptors (Lipinski definition) is 3. The fraction of sp³-hybridized carbons (Fsp3) is 0.458. The maximum absolute atomic E-state index is 7.59. The Morgan fingerprint density at radius 2 is 1.53 bits per heavy atom. The highest BCUT2D eigenvalue weighted by molar-refractivity contribution is 6.99. The van der Waals surface area contributed by atoms with Gasteiger partial charge in [-0.05, 0) is 137 Å². The van der Waals surface area contributed by atoms with E-state index in [1.54, 1.807) is 0 Å². The van der Waals surface area contributed by atoms with Crippen molar-refractivity contribution in [3.63, 3.8) is 0 Å². The third-order valence-electron chi connectivity index (χ3n) is 15.4. The SMILES string of the molecule is C/C=C(\C=C/C/C=C/C(=C\C=C\N1c2cc3c(cc2B2c4oc5c(c4N(c4ccc(C(C)C)cc4)c4cccc1c42)C(C)(C)CCC5(C)C)C(C)CCC3(C)C)C(C)(C)C)[Si](C)(C)C. The summed E-state index contributed by atoms with van der Waals surface area (Å²) in [6.07, 6.45) is 24.2. The first-order valence-electron chi connectivity index (χ1n) is 24.5. The number of rotatable bonds is 9. The summed E-state index contributed by atoms with van der Waals surface area (Å²) in [7, 11) is -1.35. The molecule has 64 heavy (non-hydrogen) atoms. The number of anilines is 5. The Hall–Kier alpha value is -4.48. The minimum absolute atomic E-state index is 0.0185. The number of fused-ring (bicyclic) bond motifs is 7. The van der Waals surface area contributed by atoms with Crippen molar-refractivity contribution in [3.8, 4) is 0 Å². The predicted octanol–water partition coefficient (Wildman–Crippen LogP) is 15.5. The van der Waals surface area contributed by atoms with Gasteiger partial charge in [0, 0.05) is 39.9 Å². The molecule has 3 aromatic carbocycles. The molecule has 2 aliphatic heterocycles. The van der Waals surface area contributed by atoms with E-state index in [1.165, 1.54) is 91.0 Å². The zero-order valence-electron chi connectivity index (χ0n) is 42.4. The molecule has 5 heteroatoms. The van der Waals surface area contributed by atoms with Crippen molar-refractivity contribution in [3.05, 3.63) is 142 Å². The summed E-state index contributed by atoms with van der Waals surface area (Å²) in [4.78, 5) is 5.09. The molecule has 2 aliphatic carbocycles. The molecule has 0 N–H and O–H groups in total. The van der Waals surface area contributed by atoms with E-state index in [0.29, 0.717) is 11.8 Å². The van der Waals surface area contributed by atoms with Crippen molar-refractivity contribution in [2.24, 2.45) is 5.41 Å². The van der Waals surface area contributed by atoms with Crippen molar-refractivity contribution in [2.75, 3.05) is 9.80 Å². The molecule has 1 unspecified atom stereocenters. The third kappa shape index (κ3) is 8.11. The van der Waals surface area contributed by atoms with E-state index in [1.807, 2.05) is 0 Å². The van der Waals surface area contributed by atoms with E-state index >= 15 is 0 Å². The Kier molecular flexibility index (Phi) is 11.8. The normalized spacial score (nSPS) is 20.3. The summed E-state index contributed by atoms with van der Waals surface area (Å²) in [6, 6.07) is 21.6. The van der Waals surface area contributed by atoms with Crippen LogP contribution in [-0.4, -0.2) is 14.8 Å². The molecular weight excluding hydrogens is 792 g/mol. The van der Waals surface area contributed by atoms with Crippen LogP contribution in [0, 0.1) is 5.41 Å². The van der Waals surface area contributed by atoms with Crippen LogP contribution in [0.5, 0.6) is 0 Å². The highest BCUT2D eigenvalue weighted by Gasteiger charge is 2.52. The van der Waals surface area contributed by atoms with E-state index in [4.69, 9.17) is 4.42 Å². The van der Waals surface area contributed by atoms with Gasteiger partial charge in [-0.15, -0.1) is 0 Å². The second-order valence-corrected chi connectivity index (χ2v) is 29.0. The predicted molar refractivity (Wildman–Crippen MR) is 283 cm³/mol. The average Bonchev–Trinajstić information content (AvgIpc) is 3.64. The van der Waals surface area contributed by atoms with E-state index in [0.717, 1.165) is 24.9 Å². The molecule has 0 spiro atoms. The fourth-order valence-electron chi connectivity index (χ4n) is 11.1. The van der Waals surface area contributed by atoms with Gasteiger partial charge in [0.1, 0.15) is 5.76 Å². The Bertz CT molecular complexity index is 2590. The molecule has 0 saturated carbocycles. The first-order valence-corrected chi connectivity index (χ1v) is 28.0. The van der Waals surface area contributed by atoms with Gasteiger partial charge in [0.05, 0.1) is 19.4 Å². The summed E-state index contributed by atoms with van der Waals surface area (Å²) in [6.45, 7) is 38.0. The topological polar surface area (TPSA) is 19.6 Å². The number of nitrogens with zero attached hydrogens (tertiary/aromatic N) is 2. The summed E-state index contributed by atoms with van der Waals surface area (Å²) in [5.74, 6) is 2.13. The van der Waals surface area contributed by atoms with Gasteiger partial charge < -0.3 is 14.2 Å². The smallest absolute Gasteiger partial charge is 0.297 e. The van der Waals surface area contributed by atoms with Gasteiger partial charge in [-0.1, -0.05) is 169 Å². The minimum Gasteiger partial charge on any atom is -0.472 e. The van der Waals surface area contributed by atoms with Gasteiger partial charge in [0.15, 0.2) is 0 Å². The molecule has 8 rings (SSSR count). The standard InChI is InChI=1S/C59H77BN2OSi/c1-17-44(64(14,15)16)25-20-18-19-23-42(56(5,6)7)24-22-36-61-48-26-21-27-49-52(48)60(47-37-45-40(4)32-33-57(8,9)46(45)38-50(47)61)55-53(62(49)43-30-28-41(29-31-43)39(2)3)51-54(63-55)59(12,13)35-34-58(51,10)11/h17,19-31,36-40H,18,32-35H2,1-16H3/b23-19+,25-20-,36-22+,42-24+,44-17+. The maximum Gasteiger partial charge on any atom is 0.297 e. The number of hydrogen-bond donors (Lipinski definition) is 0. The molecule has 1 aromatic heterocycles. The highest BCUT2D eigenvalue weighted by atomic mass is 28.3. The van der Waals surface area contributed by atoms with Crippen LogP contribution in [0.1, 0.15) is 162 Å². The quantitative estimate of drug-likeness (QED) is 0.109. The summed E-state index contributed by atoms with van der Waals surface area (Å²) in [5.41, 5.74) is 17.0. The van der Waals surface area contributed by atoms with Gasteiger partial charge in [-0.3, -0.25) is 0 Å². The van der Waals surface area contributed by atoms with E-state index in [9.17, 15) is 0 Å². The van der Waals surface area contributed by atoms with Crippen molar-refractivity contribution in [2.45, 2.75) is 170 Å². The second kappa shape index (κ2) is 16.4. The molecule has 1 atom stereocenters. The molecule has 0 bridgehead atoms. The summed E-state index contributed by atoms with van der Waals surface area (Å²) in [5, 5.41) is 1.50. The van der Waals surface area contributed by atoms with Crippen LogP contribution in [0.2, 0.25) is 19.6 Å².